The van der Waals surface area contributed by atoms with Gasteiger partial charge in [-0.3, -0.25) is 19.5 Å². The second-order valence-corrected chi connectivity index (χ2v) is 8.87. The Bertz CT molecular complexity index is 1630. The van der Waals surface area contributed by atoms with Gasteiger partial charge in [0.05, 0.1) is 4.92 Å². The van der Waals surface area contributed by atoms with E-state index in [2.05, 4.69) is 17.2 Å². The SMILES string of the molecule is O=[N+]([O-])c1ccc(S(=O)(=O)On2[nH]cc3cc4ccc5ccccc5c4ccccc2-3)cc1. The van der Waals surface area contributed by atoms with Gasteiger partial charge in [-0.15, -0.1) is 4.85 Å². The summed E-state index contributed by atoms with van der Waals surface area (Å²) in [5.41, 5.74) is 1.01. The third-order valence-corrected chi connectivity index (χ3v) is 6.50. The third-order valence-electron chi connectivity index (χ3n) is 5.30. The van der Waals surface area contributed by atoms with E-state index < -0.39 is 15.0 Å². The highest BCUT2D eigenvalue weighted by molar-refractivity contribution is 7.87. The number of H-pyrrole nitrogens is 1. The van der Waals surface area contributed by atoms with Gasteiger partial charge < -0.3 is 0 Å². The first-order chi connectivity index (χ1) is 15.9. The molecular weight excluding hydrogens is 442 g/mol. The fraction of sp³-hybridized carbons (Fsp3) is 0. The number of hydrogen-bond donors (Lipinski definition) is 1. The number of nitro groups is 1. The first-order valence-corrected chi connectivity index (χ1v) is 11.4. The summed E-state index contributed by atoms with van der Waals surface area (Å²) in [5.74, 6) is 0. The summed E-state index contributed by atoms with van der Waals surface area (Å²) in [6.07, 6.45) is 1.65. The molecule has 164 valence electrons. The monoisotopic (exact) mass is 459 g/mol. The van der Waals surface area contributed by atoms with E-state index in [0.717, 1.165) is 56.2 Å². The van der Waals surface area contributed by atoms with Crippen LogP contribution < -0.4 is 4.28 Å². The smallest absolute Gasteiger partial charge is 0.271 e. The first-order valence-electron chi connectivity index (χ1n) is 9.96. The van der Waals surface area contributed by atoms with Gasteiger partial charge >= 0.3 is 10.1 Å². The Labute approximate surface area is 188 Å². The molecule has 0 atom stereocenters. The molecule has 1 aliphatic carbocycles. The fourth-order valence-electron chi connectivity index (χ4n) is 3.70. The van der Waals surface area contributed by atoms with Gasteiger partial charge in [0.2, 0.25) is 0 Å². The van der Waals surface area contributed by atoms with Crippen molar-refractivity contribution in [3.63, 3.8) is 0 Å². The zero-order valence-corrected chi connectivity index (χ0v) is 17.9. The van der Waals surface area contributed by atoms with Crippen LogP contribution in [-0.4, -0.2) is 23.3 Å². The van der Waals surface area contributed by atoms with Crippen molar-refractivity contribution in [2.45, 2.75) is 4.90 Å². The molecule has 1 aliphatic heterocycles. The number of nitro benzene ring substituents is 1. The predicted molar refractivity (Wildman–Crippen MR) is 125 cm³/mol. The van der Waals surface area contributed by atoms with Gasteiger partial charge in [-0.05, 0) is 45.8 Å². The highest BCUT2D eigenvalue weighted by atomic mass is 32.2. The van der Waals surface area contributed by atoms with Crippen LogP contribution >= 0.6 is 0 Å². The van der Waals surface area contributed by atoms with E-state index in [1.807, 2.05) is 42.5 Å². The maximum absolute atomic E-state index is 12.8. The summed E-state index contributed by atoms with van der Waals surface area (Å²) >= 11 is 0. The number of nitrogens with one attached hydrogen (secondary N) is 1. The van der Waals surface area contributed by atoms with Crippen LogP contribution in [0.3, 0.4) is 0 Å². The quantitative estimate of drug-likeness (QED) is 0.298. The number of fused-ring (bicyclic) bond motifs is 4. The van der Waals surface area contributed by atoms with Crippen molar-refractivity contribution in [2.24, 2.45) is 0 Å². The van der Waals surface area contributed by atoms with Crippen molar-refractivity contribution in [3.05, 3.63) is 107 Å². The minimum absolute atomic E-state index is 0.198. The maximum Gasteiger partial charge on any atom is 0.358 e. The highest BCUT2D eigenvalue weighted by Crippen LogP contribution is 2.28. The van der Waals surface area contributed by atoms with Crippen LogP contribution in [0.15, 0.2) is 102 Å². The van der Waals surface area contributed by atoms with Crippen LogP contribution in [0.5, 0.6) is 0 Å². The Morgan fingerprint density at radius 3 is 2.18 bits per heavy atom. The largest absolute Gasteiger partial charge is 0.358 e. The Kier molecular flexibility index (Phi) is 4.95. The van der Waals surface area contributed by atoms with Crippen LogP contribution in [0, 0.1) is 10.1 Å². The number of hydrogen-bond acceptors (Lipinski definition) is 5. The third kappa shape index (κ3) is 3.85. The van der Waals surface area contributed by atoms with E-state index in [1.165, 1.54) is 0 Å². The molecule has 5 rings (SSSR count). The Hall–Kier alpha value is -4.37. The standard InChI is InChI=1S/C24H17N3O5S/c28-27(29)20-11-13-21(14-12-20)33(30,31)32-26-24-8-4-3-7-23-18(15-19(24)16-25-26)10-9-17-5-1-2-6-22(17)23/h1-16,25H. The van der Waals surface area contributed by atoms with Crippen LogP contribution in [0.4, 0.5) is 5.69 Å². The lowest BCUT2D eigenvalue weighted by Gasteiger charge is -2.08. The molecule has 0 unspecified atom stereocenters. The van der Waals surface area contributed by atoms with Crippen molar-refractivity contribution in [3.8, 4) is 11.3 Å². The van der Waals surface area contributed by atoms with E-state index in [0.29, 0.717) is 5.69 Å². The van der Waals surface area contributed by atoms with Crippen LogP contribution in [-0.2, 0) is 10.1 Å². The van der Waals surface area contributed by atoms with Gasteiger partial charge in [-0.25, -0.2) is 0 Å². The minimum Gasteiger partial charge on any atom is -0.271 e. The molecule has 3 aromatic carbocycles. The molecule has 0 amide bonds. The van der Waals surface area contributed by atoms with Crippen molar-refractivity contribution in [1.82, 2.24) is 9.94 Å². The zero-order chi connectivity index (χ0) is 23.0. The summed E-state index contributed by atoms with van der Waals surface area (Å²) in [7, 11) is -4.24. The molecule has 0 saturated carbocycles. The molecule has 0 spiro atoms. The highest BCUT2D eigenvalue weighted by Gasteiger charge is 2.21. The topological polar surface area (TPSA) is 107 Å². The Morgan fingerprint density at radius 2 is 1.45 bits per heavy atom. The summed E-state index contributed by atoms with van der Waals surface area (Å²) in [6.45, 7) is 0. The van der Waals surface area contributed by atoms with Gasteiger partial charge in [0.25, 0.3) is 5.69 Å². The molecule has 2 aliphatic rings. The summed E-state index contributed by atoms with van der Waals surface area (Å²) in [6, 6.07) is 26.0. The minimum atomic E-state index is -4.24. The molecule has 0 saturated heterocycles. The molecular formula is C24H17N3O5S. The van der Waals surface area contributed by atoms with E-state index in [9.17, 15) is 18.5 Å². The Balaban J connectivity index is 1.58. The van der Waals surface area contributed by atoms with Crippen LogP contribution in [0.2, 0.25) is 0 Å². The summed E-state index contributed by atoms with van der Waals surface area (Å²) in [5, 5.41) is 17.9. The number of aromatic nitrogens is 2. The molecule has 9 heteroatoms. The lowest BCUT2D eigenvalue weighted by Crippen LogP contribution is -2.21. The second kappa shape index (κ2) is 7.95. The molecule has 0 aromatic heterocycles. The maximum atomic E-state index is 12.8. The molecule has 1 heterocycles. The van der Waals surface area contributed by atoms with Crippen molar-refractivity contribution < 1.29 is 17.6 Å². The van der Waals surface area contributed by atoms with Gasteiger partial charge in [-0.1, -0.05) is 54.6 Å². The van der Waals surface area contributed by atoms with E-state index in [4.69, 9.17) is 4.28 Å². The number of rotatable bonds is 4. The molecule has 1 N–H and O–H groups in total. The van der Waals surface area contributed by atoms with Gasteiger partial charge in [0, 0.05) is 23.9 Å². The lowest BCUT2D eigenvalue weighted by atomic mass is 10.0. The van der Waals surface area contributed by atoms with Crippen molar-refractivity contribution in [1.29, 1.82) is 0 Å². The van der Waals surface area contributed by atoms with Crippen molar-refractivity contribution >= 4 is 37.4 Å². The average Bonchev–Trinajstić information content (AvgIpc) is 3.20. The normalized spacial score (nSPS) is 11.5. The Morgan fingerprint density at radius 1 is 0.818 bits per heavy atom. The molecule has 8 nitrogen and oxygen atoms in total. The van der Waals surface area contributed by atoms with E-state index in [1.54, 1.807) is 18.3 Å². The average molecular weight is 459 g/mol. The predicted octanol–water partition coefficient (Wildman–Crippen LogP) is 5.08. The lowest BCUT2D eigenvalue weighted by molar-refractivity contribution is -0.384. The van der Waals surface area contributed by atoms with Crippen LogP contribution in [0.1, 0.15) is 0 Å². The van der Waals surface area contributed by atoms with Gasteiger partial charge in [0.1, 0.15) is 10.6 Å². The fourth-order valence-corrected chi connectivity index (χ4v) is 4.57. The molecule has 0 bridgehead atoms. The summed E-state index contributed by atoms with van der Waals surface area (Å²) < 4.78 is 30.8. The van der Waals surface area contributed by atoms with Crippen molar-refractivity contribution in [2.75, 3.05) is 0 Å². The number of aromatic amines is 1. The molecule has 33 heavy (non-hydrogen) atoms. The number of nitrogens with zero attached hydrogens (tertiary/aromatic N) is 2. The van der Waals surface area contributed by atoms with Gasteiger partial charge in [-0.2, -0.15) is 8.42 Å². The molecule has 3 aromatic rings. The van der Waals surface area contributed by atoms with E-state index in [-0.39, 0.29) is 10.6 Å². The number of non-ortho nitro benzene ring substituents is 1. The number of benzene rings is 3. The zero-order valence-electron chi connectivity index (χ0n) is 17.1. The molecule has 0 radical (unpaired) electrons. The van der Waals surface area contributed by atoms with Crippen LogP contribution in [0.25, 0.3) is 32.8 Å². The first kappa shape index (κ1) is 20.5. The molecule has 0 fully saturated rings. The van der Waals surface area contributed by atoms with E-state index >= 15 is 0 Å². The van der Waals surface area contributed by atoms with Gasteiger partial charge in [0.15, 0.2) is 0 Å². The second-order valence-electron chi connectivity index (χ2n) is 7.34. The summed E-state index contributed by atoms with van der Waals surface area (Å²) in [4.78, 5) is 11.1.